The molecule has 1 aliphatic heterocycles. The summed E-state index contributed by atoms with van der Waals surface area (Å²) in [6, 6.07) is 7.61. The van der Waals surface area contributed by atoms with E-state index < -0.39 is 15.6 Å². The molecular weight excluding hydrogens is 451 g/mol. The Bertz CT molecular complexity index is 1210. The molecule has 0 saturated carbocycles. The SMILES string of the molecule is O=c1c(Cl)c(Cl)cnn1-c1ccc(S(=O)(=O)N2CCN(c3ncccn3)CC2)cc1. The molecule has 0 aliphatic carbocycles. The molecule has 0 atom stereocenters. The average Bonchev–Trinajstić information content (AvgIpc) is 2.78. The van der Waals surface area contributed by atoms with E-state index in [-0.39, 0.29) is 14.9 Å². The summed E-state index contributed by atoms with van der Waals surface area (Å²) < 4.78 is 28.5. The van der Waals surface area contributed by atoms with Gasteiger partial charge in [0.1, 0.15) is 5.02 Å². The number of nitrogens with zero attached hydrogens (tertiary/aromatic N) is 6. The molecule has 0 radical (unpaired) electrons. The van der Waals surface area contributed by atoms with E-state index in [1.807, 2.05) is 4.90 Å². The van der Waals surface area contributed by atoms with Gasteiger partial charge in [-0.1, -0.05) is 23.2 Å². The van der Waals surface area contributed by atoms with Crippen LogP contribution < -0.4 is 10.5 Å². The maximum absolute atomic E-state index is 13.0. The van der Waals surface area contributed by atoms with Crippen LogP contribution in [0.25, 0.3) is 5.69 Å². The minimum Gasteiger partial charge on any atom is -0.338 e. The molecule has 0 spiro atoms. The molecule has 0 bridgehead atoms. The van der Waals surface area contributed by atoms with Crippen molar-refractivity contribution >= 4 is 39.2 Å². The molecular formula is C18H16Cl2N6O3S. The van der Waals surface area contributed by atoms with Gasteiger partial charge in [0.05, 0.1) is 21.8 Å². The Morgan fingerprint density at radius 1 is 0.933 bits per heavy atom. The van der Waals surface area contributed by atoms with E-state index in [0.717, 1.165) is 4.68 Å². The van der Waals surface area contributed by atoms with Crippen LogP contribution in [0.3, 0.4) is 0 Å². The van der Waals surface area contributed by atoms with Crippen molar-refractivity contribution in [2.24, 2.45) is 0 Å². The summed E-state index contributed by atoms with van der Waals surface area (Å²) in [5.74, 6) is 0.582. The molecule has 156 valence electrons. The van der Waals surface area contributed by atoms with E-state index >= 15 is 0 Å². The number of halogens is 2. The Morgan fingerprint density at radius 3 is 2.20 bits per heavy atom. The fourth-order valence-electron chi connectivity index (χ4n) is 3.09. The van der Waals surface area contributed by atoms with Crippen LogP contribution in [0, 0.1) is 0 Å². The van der Waals surface area contributed by atoms with Crippen LogP contribution in [-0.2, 0) is 10.0 Å². The Morgan fingerprint density at radius 2 is 1.57 bits per heavy atom. The monoisotopic (exact) mass is 466 g/mol. The van der Waals surface area contributed by atoms with Crippen molar-refractivity contribution in [2.45, 2.75) is 4.90 Å². The van der Waals surface area contributed by atoms with Crippen LogP contribution in [0.5, 0.6) is 0 Å². The van der Waals surface area contributed by atoms with Gasteiger partial charge < -0.3 is 4.90 Å². The van der Waals surface area contributed by atoms with Crippen molar-refractivity contribution in [1.29, 1.82) is 0 Å². The molecule has 1 fully saturated rings. The highest BCUT2D eigenvalue weighted by atomic mass is 35.5. The van der Waals surface area contributed by atoms with Crippen LogP contribution >= 0.6 is 23.2 Å². The standard InChI is InChI=1S/C18H16Cl2N6O3S/c19-15-12-23-26(17(27)16(15)20)13-2-4-14(5-3-13)30(28,29)25-10-8-24(9-11-25)18-21-6-1-7-22-18/h1-7,12H,8-11H2. The second-order valence-corrected chi connectivity index (χ2v) is 9.18. The highest BCUT2D eigenvalue weighted by Crippen LogP contribution is 2.21. The molecule has 3 aromatic rings. The van der Waals surface area contributed by atoms with E-state index in [2.05, 4.69) is 15.1 Å². The van der Waals surface area contributed by atoms with Crippen LogP contribution in [0.4, 0.5) is 5.95 Å². The zero-order valence-corrected chi connectivity index (χ0v) is 17.8. The van der Waals surface area contributed by atoms with Gasteiger partial charge in [-0.15, -0.1) is 0 Å². The van der Waals surface area contributed by atoms with Crippen LogP contribution in [0.2, 0.25) is 10.0 Å². The van der Waals surface area contributed by atoms with Crippen LogP contribution in [-0.4, -0.2) is 58.7 Å². The third-order valence-electron chi connectivity index (χ3n) is 4.67. The molecule has 12 heteroatoms. The fourth-order valence-corrected chi connectivity index (χ4v) is 4.76. The lowest BCUT2D eigenvalue weighted by molar-refractivity contribution is 0.382. The summed E-state index contributed by atoms with van der Waals surface area (Å²) in [6.45, 7) is 1.61. The Labute approximate surface area is 182 Å². The van der Waals surface area contributed by atoms with Crippen molar-refractivity contribution in [3.63, 3.8) is 0 Å². The normalized spacial score (nSPS) is 15.3. The molecule has 3 heterocycles. The lowest BCUT2D eigenvalue weighted by atomic mass is 10.3. The van der Waals surface area contributed by atoms with E-state index in [9.17, 15) is 13.2 Å². The van der Waals surface area contributed by atoms with Gasteiger partial charge in [0.25, 0.3) is 5.56 Å². The smallest absolute Gasteiger partial charge is 0.291 e. The zero-order chi connectivity index (χ0) is 21.3. The number of aromatic nitrogens is 4. The number of piperazine rings is 1. The van der Waals surface area contributed by atoms with E-state index in [4.69, 9.17) is 23.2 Å². The first-order valence-corrected chi connectivity index (χ1v) is 11.1. The third kappa shape index (κ3) is 3.91. The average molecular weight is 467 g/mol. The van der Waals surface area contributed by atoms with Gasteiger partial charge in [-0.2, -0.15) is 14.1 Å². The summed E-state index contributed by atoms with van der Waals surface area (Å²) in [5.41, 5.74) is -0.206. The summed E-state index contributed by atoms with van der Waals surface area (Å²) in [6.07, 6.45) is 4.56. The Hall–Kier alpha value is -2.53. The highest BCUT2D eigenvalue weighted by Gasteiger charge is 2.29. The minimum atomic E-state index is -3.68. The van der Waals surface area contributed by atoms with E-state index in [0.29, 0.717) is 37.8 Å². The van der Waals surface area contributed by atoms with Gasteiger partial charge in [-0.3, -0.25) is 4.79 Å². The molecule has 0 N–H and O–H groups in total. The first-order valence-electron chi connectivity index (χ1n) is 8.94. The number of hydrogen-bond donors (Lipinski definition) is 0. The van der Waals surface area contributed by atoms with Gasteiger partial charge in [-0.25, -0.2) is 18.4 Å². The molecule has 1 aromatic carbocycles. The second-order valence-electron chi connectivity index (χ2n) is 6.46. The Balaban J connectivity index is 1.52. The molecule has 0 amide bonds. The van der Waals surface area contributed by atoms with Gasteiger partial charge >= 0.3 is 0 Å². The summed E-state index contributed by atoms with van der Waals surface area (Å²) in [5, 5.41) is 3.84. The van der Waals surface area contributed by atoms with Crippen LogP contribution in [0.15, 0.2) is 58.6 Å². The quantitative estimate of drug-likeness (QED) is 0.577. The number of rotatable bonds is 4. The number of sulfonamides is 1. The maximum Gasteiger partial charge on any atom is 0.291 e. The number of anilines is 1. The first-order chi connectivity index (χ1) is 14.4. The maximum atomic E-state index is 13.0. The van der Waals surface area contributed by atoms with Crippen molar-refractivity contribution in [1.82, 2.24) is 24.1 Å². The topological polar surface area (TPSA) is 101 Å². The lowest BCUT2D eigenvalue weighted by Crippen LogP contribution is -2.49. The van der Waals surface area contributed by atoms with Gasteiger partial charge in [-0.05, 0) is 30.3 Å². The van der Waals surface area contributed by atoms with Crippen molar-refractivity contribution < 1.29 is 8.42 Å². The Kier molecular flexibility index (Phi) is 5.74. The largest absolute Gasteiger partial charge is 0.338 e. The van der Waals surface area contributed by atoms with Crippen LogP contribution in [0.1, 0.15) is 0 Å². The summed E-state index contributed by atoms with van der Waals surface area (Å²) in [7, 11) is -3.68. The van der Waals surface area contributed by atoms with E-state index in [1.165, 1.54) is 34.8 Å². The third-order valence-corrected chi connectivity index (χ3v) is 7.33. The second kappa shape index (κ2) is 8.31. The van der Waals surface area contributed by atoms with E-state index in [1.54, 1.807) is 18.5 Å². The lowest BCUT2D eigenvalue weighted by Gasteiger charge is -2.33. The van der Waals surface area contributed by atoms with Crippen molar-refractivity contribution in [2.75, 3.05) is 31.1 Å². The van der Waals surface area contributed by atoms with Gasteiger partial charge in [0.2, 0.25) is 16.0 Å². The fraction of sp³-hybridized carbons (Fsp3) is 0.222. The zero-order valence-electron chi connectivity index (χ0n) is 15.5. The van der Waals surface area contributed by atoms with Gasteiger partial charge in [0, 0.05) is 38.6 Å². The van der Waals surface area contributed by atoms with Gasteiger partial charge in [0.15, 0.2) is 0 Å². The molecule has 2 aromatic heterocycles. The predicted octanol–water partition coefficient (Wildman–Crippen LogP) is 1.84. The predicted molar refractivity (Wildman–Crippen MR) is 113 cm³/mol. The molecule has 9 nitrogen and oxygen atoms in total. The molecule has 0 unspecified atom stereocenters. The summed E-state index contributed by atoms with van der Waals surface area (Å²) in [4.78, 5) is 22.7. The molecule has 1 aliphatic rings. The number of hydrogen-bond acceptors (Lipinski definition) is 7. The van der Waals surface area contributed by atoms with Crippen molar-refractivity contribution in [3.05, 3.63) is 69.3 Å². The molecule has 30 heavy (non-hydrogen) atoms. The van der Waals surface area contributed by atoms with Crippen molar-refractivity contribution in [3.8, 4) is 5.69 Å². The highest BCUT2D eigenvalue weighted by molar-refractivity contribution is 7.89. The molecule has 4 rings (SSSR count). The first kappa shape index (κ1) is 20.7. The molecule has 1 saturated heterocycles. The number of benzene rings is 1. The summed E-state index contributed by atoms with van der Waals surface area (Å²) >= 11 is 11.7. The minimum absolute atomic E-state index is 0.0529.